The van der Waals surface area contributed by atoms with Crippen molar-refractivity contribution in [3.8, 4) is 0 Å². The van der Waals surface area contributed by atoms with Crippen molar-refractivity contribution < 1.29 is 9.53 Å². The van der Waals surface area contributed by atoms with Crippen molar-refractivity contribution in [2.45, 2.75) is 25.0 Å². The third kappa shape index (κ3) is 2.20. The van der Waals surface area contributed by atoms with Crippen LogP contribution in [-0.2, 0) is 4.74 Å². The van der Waals surface area contributed by atoms with Crippen LogP contribution in [0, 0.1) is 5.92 Å². The molecule has 0 saturated carbocycles. The normalized spacial score (nSPS) is 37.6. The highest BCUT2D eigenvalue weighted by atomic mass is 16.5. The lowest BCUT2D eigenvalue weighted by atomic mass is 9.88. The van der Waals surface area contributed by atoms with E-state index in [1.165, 1.54) is 12.8 Å². The molecule has 18 heavy (non-hydrogen) atoms. The molecule has 0 spiro atoms. The van der Waals surface area contributed by atoms with Gasteiger partial charge >= 0.3 is 6.03 Å². The van der Waals surface area contributed by atoms with Crippen LogP contribution in [0.15, 0.2) is 0 Å². The Kier molecular flexibility index (Phi) is 3.41. The van der Waals surface area contributed by atoms with Crippen molar-refractivity contribution in [1.82, 2.24) is 15.1 Å². The third-order valence-corrected chi connectivity index (χ3v) is 4.46. The van der Waals surface area contributed by atoms with E-state index in [4.69, 9.17) is 10.5 Å². The summed E-state index contributed by atoms with van der Waals surface area (Å²) in [5, 5.41) is 3.44. The van der Waals surface area contributed by atoms with E-state index in [1.807, 2.05) is 0 Å². The van der Waals surface area contributed by atoms with Gasteiger partial charge in [-0.3, -0.25) is 4.90 Å². The van der Waals surface area contributed by atoms with Gasteiger partial charge in [0, 0.05) is 26.2 Å². The van der Waals surface area contributed by atoms with Crippen molar-refractivity contribution in [2.24, 2.45) is 11.7 Å². The standard InChI is InChI=1S/C12H22N4O2/c13-12(17)15-4-5-16-8-18-11(10(16)7-15)9-2-1-3-14-6-9/h9-11,14H,1-8H2,(H2,13,17)/t9-,10?,11?/m1/s1. The molecular weight excluding hydrogens is 232 g/mol. The average molecular weight is 254 g/mol. The molecule has 0 aromatic heterocycles. The molecule has 2 unspecified atom stereocenters. The molecule has 0 radical (unpaired) electrons. The number of carbonyl (C=O) groups is 1. The van der Waals surface area contributed by atoms with Crippen LogP contribution in [0.3, 0.4) is 0 Å². The van der Waals surface area contributed by atoms with Gasteiger partial charge in [0.1, 0.15) is 0 Å². The smallest absolute Gasteiger partial charge is 0.314 e. The molecule has 6 heteroatoms. The van der Waals surface area contributed by atoms with Crippen LogP contribution in [0.25, 0.3) is 0 Å². The summed E-state index contributed by atoms with van der Waals surface area (Å²) in [7, 11) is 0. The molecular formula is C12H22N4O2. The summed E-state index contributed by atoms with van der Waals surface area (Å²) in [5.74, 6) is 0.571. The lowest BCUT2D eigenvalue weighted by Crippen LogP contribution is -2.57. The summed E-state index contributed by atoms with van der Waals surface area (Å²) in [6.07, 6.45) is 2.69. The van der Waals surface area contributed by atoms with Gasteiger partial charge in [-0.05, 0) is 25.3 Å². The minimum atomic E-state index is -0.304. The van der Waals surface area contributed by atoms with Gasteiger partial charge in [0.05, 0.1) is 18.9 Å². The van der Waals surface area contributed by atoms with E-state index < -0.39 is 0 Å². The van der Waals surface area contributed by atoms with Crippen molar-refractivity contribution in [3.05, 3.63) is 0 Å². The molecule has 3 aliphatic heterocycles. The van der Waals surface area contributed by atoms with Crippen LogP contribution >= 0.6 is 0 Å². The molecule has 3 aliphatic rings. The first-order valence-electron chi connectivity index (χ1n) is 6.86. The fraction of sp³-hybridized carbons (Fsp3) is 0.917. The highest BCUT2D eigenvalue weighted by molar-refractivity contribution is 5.72. The van der Waals surface area contributed by atoms with Gasteiger partial charge in [0.2, 0.25) is 0 Å². The maximum absolute atomic E-state index is 11.3. The molecule has 3 heterocycles. The molecule has 3 atom stereocenters. The van der Waals surface area contributed by atoms with Crippen molar-refractivity contribution in [1.29, 1.82) is 0 Å². The first kappa shape index (κ1) is 12.2. The molecule has 0 aromatic carbocycles. The van der Waals surface area contributed by atoms with Gasteiger partial charge in [-0.25, -0.2) is 4.79 Å². The molecule has 3 fully saturated rings. The van der Waals surface area contributed by atoms with E-state index >= 15 is 0 Å². The number of carbonyl (C=O) groups excluding carboxylic acids is 1. The van der Waals surface area contributed by atoms with E-state index in [2.05, 4.69) is 10.2 Å². The predicted molar refractivity (Wildman–Crippen MR) is 67.0 cm³/mol. The summed E-state index contributed by atoms with van der Waals surface area (Å²) in [6, 6.07) is 0.0261. The average Bonchev–Trinajstić information content (AvgIpc) is 2.82. The Morgan fingerprint density at radius 3 is 3.00 bits per heavy atom. The van der Waals surface area contributed by atoms with E-state index in [1.54, 1.807) is 4.90 Å². The van der Waals surface area contributed by atoms with Gasteiger partial charge in [-0.1, -0.05) is 0 Å². The minimum absolute atomic E-state index is 0.250. The summed E-state index contributed by atoms with van der Waals surface area (Å²) >= 11 is 0. The van der Waals surface area contributed by atoms with Crippen LogP contribution in [0.1, 0.15) is 12.8 Å². The highest BCUT2D eigenvalue weighted by Crippen LogP contribution is 2.29. The number of amides is 2. The maximum atomic E-state index is 11.3. The first-order chi connectivity index (χ1) is 8.75. The second-order valence-corrected chi connectivity index (χ2v) is 5.53. The molecule has 6 nitrogen and oxygen atoms in total. The van der Waals surface area contributed by atoms with Crippen LogP contribution < -0.4 is 11.1 Å². The van der Waals surface area contributed by atoms with Crippen LogP contribution in [0.4, 0.5) is 4.79 Å². The number of nitrogens with one attached hydrogen (secondary N) is 1. The quantitative estimate of drug-likeness (QED) is 0.656. The number of ether oxygens (including phenoxy) is 1. The van der Waals surface area contributed by atoms with Crippen molar-refractivity contribution in [2.75, 3.05) is 39.5 Å². The number of primary amides is 1. The largest absolute Gasteiger partial charge is 0.361 e. The number of hydrogen-bond acceptors (Lipinski definition) is 4. The van der Waals surface area contributed by atoms with Gasteiger partial charge in [0.25, 0.3) is 0 Å². The SMILES string of the molecule is NC(=O)N1CCN2COC([C@@H]3CCCNC3)C2C1. The number of nitrogens with two attached hydrogens (primary N) is 1. The number of hydrogen-bond donors (Lipinski definition) is 2. The van der Waals surface area contributed by atoms with Crippen LogP contribution in [0.5, 0.6) is 0 Å². The molecule has 2 amide bonds. The van der Waals surface area contributed by atoms with Gasteiger partial charge in [-0.15, -0.1) is 0 Å². The second-order valence-electron chi connectivity index (χ2n) is 5.53. The van der Waals surface area contributed by atoms with Crippen LogP contribution in [-0.4, -0.2) is 67.4 Å². The summed E-state index contributed by atoms with van der Waals surface area (Å²) in [4.78, 5) is 15.4. The Bertz CT molecular complexity index is 319. The van der Waals surface area contributed by atoms with Crippen LogP contribution in [0.2, 0.25) is 0 Å². The van der Waals surface area contributed by atoms with Crippen molar-refractivity contribution in [3.63, 3.8) is 0 Å². The molecule has 3 saturated heterocycles. The van der Waals surface area contributed by atoms with Crippen molar-refractivity contribution >= 4 is 6.03 Å². The fourth-order valence-corrected chi connectivity index (χ4v) is 3.42. The Labute approximate surface area is 107 Å². The Hall–Kier alpha value is -0.850. The third-order valence-electron chi connectivity index (χ3n) is 4.46. The zero-order chi connectivity index (χ0) is 12.5. The Balaban J connectivity index is 1.67. The summed E-state index contributed by atoms with van der Waals surface area (Å²) in [5.41, 5.74) is 5.39. The molecule has 0 bridgehead atoms. The zero-order valence-electron chi connectivity index (χ0n) is 10.7. The molecule has 0 aromatic rings. The predicted octanol–water partition coefficient (Wildman–Crippen LogP) is -0.593. The molecule has 102 valence electrons. The lowest BCUT2D eigenvalue weighted by molar-refractivity contribution is 0.0413. The van der Waals surface area contributed by atoms with E-state index in [-0.39, 0.29) is 12.1 Å². The molecule has 3 rings (SSSR count). The number of rotatable bonds is 1. The lowest BCUT2D eigenvalue weighted by Gasteiger charge is -2.39. The summed E-state index contributed by atoms with van der Waals surface area (Å²) < 4.78 is 5.97. The number of fused-ring (bicyclic) bond motifs is 1. The highest BCUT2D eigenvalue weighted by Gasteiger charge is 2.43. The molecule has 3 N–H and O–H groups in total. The number of nitrogens with zero attached hydrogens (tertiary/aromatic N) is 2. The van der Waals surface area contributed by atoms with E-state index in [0.29, 0.717) is 18.7 Å². The first-order valence-corrected chi connectivity index (χ1v) is 6.86. The zero-order valence-corrected chi connectivity index (χ0v) is 10.7. The minimum Gasteiger partial charge on any atom is -0.361 e. The summed E-state index contributed by atoms with van der Waals surface area (Å²) in [6.45, 7) is 5.18. The van der Waals surface area contributed by atoms with E-state index in [0.717, 1.165) is 32.7 Å². The second kappa shape index (κ2) is 5.03. The Morgan fingerprint density at radius 2 is 2.28 bits per heavy atom. The molecule has 0 aliphatic carbocycles. The Morgan fingerprint density at radius 1 is 1.39 bits per heavy atom. The number of piperazine rings is 1. The topological polar surface area (TPSA) is 70.8 Å². The van der Waals surface area contributed by atoms with Gasteiger partial charge in [-0.2, -0.15) is 0 Å². The number of piperidine rings is 1. The van der Waals surface area contributed by atoms with Gasteiger partial charge < -0.3 is 20.7 Å². The number of urea groups is 1. The van der Waals surface area contributed by atoms with E-state index in [9.17, 15) is 4.79 Å². The fourth-order valence-electron chi connectivity index (χ4n) is 3.42. The monoisotopic (exact) mass is 254 g/mol. The maximum Gasteiger partial charge on any atom is 0.314 e. The van der Waals surface area contributed by atoms with Gasteiger partial charge in [0.15, 0.2) is 0 Å².